The summed E-state index contributed by atoms with van der Waals surface area (Å²) in [6.45, 7) is 3.32. The number of piperazine rings is 1. The summed E-state index contributed by atoms with van der Waals surface area (Å²) in [4.78, 5) is 42.6. The number of fused-ring (bicyclic) bond motifs is 1. The van der Waals surface area contributed by atoms with E-state index in [1.165, 1.54) is 9.13 Å². The van der Waals surface area contributed by atoms with E-state index < -0.39 is 23.4 Å². The molecule has 2 aromatic carbocycles. The fraction of sp³-hybridized carbons (Fsp3) is 0.308. The third-order valence-electron chi connectivity index (χ3n) is 6.19. The van der Waals surface area contributed by atoms with Gasteiger partial charge in [0.1, 0.15) is 12.4 Å². The Balaban J connectivity index is 0.000000493. The predicted octanol–water partition coefficient (Wildman–Crippen LogP) is 2.66. The molecule has 0 aliphatic carbocycles. The second kappa shape index (κ2) is 12.5. The van der Waals surface area contributed by atoms with Crippen LogP contribution in [0, 0.1) is 0 Å². The lowest BCUT2D eigenvalue weighted by molar-refractivity contribution is -0.192. The number of para-hydroxylation sites is 2. The molecule has 0 unspecified atom stereocenters. The number of ether oxygens (including phenoxy) is 1. The Morgan fingerprint density at radius 2 is 1.68 bits per heavy atom. The molecule has 1 aliphatic heterocycles. The molecule has 1 saturated heterocycles. The van der Waals surface area contributed by atoms with E-state index in [9.17, 15) is 22.8 Å². The highest BCUT2D eigenvalue weighted by molar-refractivity contribution is 6.32. The molecule has 0 atom stereocenters. The zero-order valence-corrected chi connectivity index (χ0v) is 22.5. The van der Waals surface area contributed by atoms with Crippen LogP contribution < -0.4 is 26.2 Å². The minimum absolute atomic E-state index is 0.104. The number of rotatable bonds is 6. The van der Waals surface area contributed by atoms with E-state index in [0.717, 1.165) is 26.2 Å². The lowest BCUT2D eigenvalue weighted by atomic mass is 10.3. The van der Waals surface area contributed by atoms with Crippen molar-refractivity contribution in [3.8, 4) is 11.4 Å². The Bertz CT molecular complexity index is 1650. The Hall–Kier alpha value is -4.30. The fourth-order valence-electron chi connectivity index (χ4n) is 4.22. The van der Waals surface area contributed by atoms with Crippen LogP contribution >= 0.6 is 11.6 Å². The van der Waals surface area contributed by atoms with Crippen LogP contribution in [-0.2, 0) is 18.4 Å². The van der Waals surface area contributed by atoms with Gasteiger partial charge in [0.25, 0.3) is 5.56 Å². The molecule has 0 radical (unpaired) electrons. The van der Waals surface area contributed by atoms with E-state index >= 15 is 0 Å². The van der Waals surface area contributed by atoms with Gasteiger partial charge in [-0.2, -0.15) is 18.2 Å². The number of aromatic nitrogens is 4. The van der Waals surface area contributed by atoms with Gasteiger partial charge in [-0.05, 0) is 24.3 Å². The zero-order valence-electron chi connectivity index (χ0n) is 21.8. The van der Waals surface area contributed by atoms with E-state index in [2.05, 4.69) is 10.2 Å². The summed E-state index contributed by atoms with van der Waals surface area (Å²) in [5.41, 5.74) is 0.406. The second-order valence-electron chi connectivity index (χ2n) is 8.87. The van der Waals surface area contributed by atoms with Gasteiger partial charge in [0.2, 0.25) is 5.95 Å². The van der Waals surface area contributed by atoms with Gasteiger partial charge in [-0.3, -0.25) is 18.5 Å². The molecule has 0 amide bonds. The third-order valence-corrected chi connectivity index (χ3v) is 6.51. The van der Waals surface area contributed by atoms with Crippen LogP contribution in [0.4, 0.5) is 19.1 Å². The van der Waals surface area contributed by atoms with Crippen molar-refractivity contribution in [3.05, 3.63) is 80.5 Å². The van der Waals surface area contributed by atoms with Crippen LogP contribution in [0.1, 0.15) is 0 Å². The van der Waals surface area contributed by atoms with E-state index in [1.54, 1.807) is 17.7 Å². The second-order valence-corrected chi connectivity index (χ2v) is 9.28. The molecular formula is C26H26ClF3N6O5. The number of benzene rings is 2. The summed E-state index contributed by atoms with van der Waals surface area (Å²) in [6.07, 6.45) is -5.08. The SMILES string of the molecule is Cn1c(=O)n(CCOc2ccccc2)c(=O)c2c1nc(N1CCNCC1)n2-c1ccccc1Cl.O=C(O)C(F)(F)F. The van der Waals surface area contributed by atoms with Crippen molar-refractivity contribution in [1.29, 1.82) is 0 Å². The van der Waals surface area contributed by atoms with E-state index in [1.807, 2.05) is 48.5 Å². The molecule has 41 heavy (non-hydrogen) atoms. The normalized spacial score (nSPS) is 13.5. The van der Waals surface area contributed by atoms with E-state index in [-0.39, 0.29) is 13.2 Å². The molecule has 11 nitrogen and oxygen atoms in total. The molecule has 218 valence electrons. The fourth-order valence-corrected chi connectivity index (χ4v) is 4.44. The van der Waals surface area contributed by atoms with Crippen molar-refractivity contribution in [3.63, 3.8) is 0 Å². The first-order valence-corrected chi connectivity index (χ1v) is 12.8. The largest absolute Gasteiger partial charge is 0.492 e. The Labute approximate surface area is 236 Å². The van der Waals surface area contributed by atoms with Crippen LogP contribution in [0.5, 0.6) is 5.75 Å². The number of imidazole rings is 1. The van der Waals surface area contributed by atoms with Crippen molar-refractivity contribution in [2.45, 2.75) is 12.7 Å². The molecule has 2 aromatic heterocycles. The number of alkyl halides is 3. The number of anilines is 1. The third kappa shape index (κ3) is 6.55. The van der Waals surface area contributed by atoms with Gasteiger partial charge >= 0.3 is 17.8 Å². The average Bonchev–Trinajstić information content (AvgIpc) is 3.36. The Morgan fingerprint density at radius 1 is 1.07 bits per heavy atom. The van der Waals surface area contributed by atoms with Crippen molar-refractivity contribution < 1.29 is 27.8 Å². The molecule has 0 bridgehead atoms. The predicted molar refractivity (Wildman–Crippen MR) is 146 cm³/mol. The molecule has 15 heteroatoms. The molecule has 2 N–H and O–H groups in total. The molecule has 4 aromatic rings. The van der Waals surface area contributed by atoms with Crippen LogP contribution in [-0.4, -0.2) is 68.7 Å². The number of nitrogens with zero attached hydrogens (tertiary/aromatic N) is 5. The number of aliphatic carboxylic acids is 1. The molecule has 3 heterocycles. The molecule has 0 saturated carbocycles. The molecular weight excluding hydrogens is 569 g/mol. The molecule has 5 rings (SSSR count). The van der Waals surface area contributed by atoms with Gasteiger partial charge in [0.15, 0.2) is 11.2 Å². The maximum absolute atomic E-state index is 13.7. The van der Waals surface area contributed by atoms with Crippen LogP contribution in [0.15, 0.2) is 64.2 Å². The highest BCUT2D eigenvalue weighted by atomic mass is 35.5. The molecule has 1 aliphatic rings. The first kappa shape index (κ1) is 29.7. The maximum atomic E-state index is 13.7. The summed E-state index contributed by atoms with van der Waals surface area (Å²) in [5.74, 6) is -1.49. The minimum Gasteiger partial charge on any atom is -0.492 e. The smallest absolute Gasteiger partial charge is 0.490 e. The van der Waals surface area contributed by atoms with Gasteiger partial charge in [0, 0.05) is 33.2 Å². The van der Waals surface area contributed by atoms with Gasteiger partial charge in [-0.1, -0.05) is 41.9 Å². The van der Waals surface area contributed by atoms with Gasteiger partial charge < -0.3 is 20.1 Å². The van der Waals surface area contributed by atoms with Gasteiger partial charge in [-0.25, -0.2) is 9.59 Å². The first-order valence-electron chi connectivity index (χ1n) is 12.4. The number of hydrogen-bond acceptors (Lipinski definition) is 7. The lowest BCUT2D eigenvalue weighted by Crippen LogP contribution is -2.44. The lowest BCUT2D eigenvalue weighted by Gasteiger charge is -2.28. The number of halogens is 4. The van der Waals surface area contributed by atoms with Gasteiger partial charge in [-0.15, -0.1) is 0 Å². The van der Waals surface area contributed by atoms with E-state index in [4.69, 9.17) is 31.2 Å². The number of nitrogens with one attached hydrogen (secondary N) is 1. The molecule has 1 fully saturated rings. The minimum atomic E-state index is -5.08. The number of hydrogen-bond donors (Lipinski definition) is 2. The highest BCUT2D eigenvalue weighted by Crippen LogP contribution is 2.29. The van der Waals surface area contributed by atoms with Crippen LogP contribution in [0.3, 0.4) is 0 Å². The van der Waals surface area contributed by atoms with Crippen molar-refractivity contribution in [2.24, 2.45) is 7.05 Å². The topological polar surface area (TPSA) is 124 Å². The highest BCUT2D eigenvalue weighted by Gasteiger charge is 2.38. The Morgan fingerprint density at radius 3 is 2.29 bits per heavy atom. The summed E-state index contributed by atoms with van der Waals surface area (Å²) in [5, 5.41) is 10.9. The van der Waals surface area contributed by atoms with E-state index in [0.29, 0.717) is 33.6 Å². The summed E-state index contributed by atoms with van der Waals surface area (Å²) >= 11 is 6.56. The maximum Gasteiger partial charge on any atom is 0.490 e. The summed E-state index contributed by atoms with van der Waals surface area (Å²) < 4.78 is 41.9. The summed E-state index contributed by atoms with van der Waals surface area (Å²) in [6, 6.07) is 16.6. The van der Waals surface area contributed by atoms with Crippen molar-refractivity contribution >= 4 is 34.7 Å². The number of carbonyl (C=O) groups is 1. The average molecular weight is 595 g/mol. The van der Waals surface area contributed by atoms with Crippen molar-refractivity contribution in [1.82, 2.24) is 24.0 Å². The first-order chi connectivity index (χ1) is 19.5. The Kier molecular flexibility index (Phi) is 9.03. The number of carboxylic acid groups (broad SMARTS) is 1. The van der Waals surface area contributed by atoms with Gasteiger partial charge in [0.05, 0.1) is 17.3 Å². The standard InChI is InChI=1S/C24H25ClN6O3.C2HF3O2/c1-28-21-20(22(32)30(24(28)33)15-16-34-17-7-3-2-4-8-17)31(19-10-6-5-9-18(19)25)23(27-21)29-13-11-26-12-14-29;3-2(4,5)1(6)7/h2-10,26H,11-16H2,1H3;(H,6,7). The monoisotopic (exact) mass is 594 g/mol. The zero-order chi connectivity index (χ0) is 29.7. The van der Waals surface area contributed by atoms with Crippen LogP contribution in [0.25, 0.3) is 16.9 Å². The number of aryl methyl sites for hydroxylation is 1. The summed E-state index contributed by atoms with van der Waals surface area (Å²) in [7, 11) is 1.63. The van der Waals surface area contributed by atoms with Crippen LogP contribution in [0.2, 0.25) is 5.02 Å². The number of carboxylic acids is 1. The molecule has 0 spiro atoms. The van der Waals surface area contributed by atoms with Crippen molar-refractivity contribution in [2.75, 3.05) is 37.7 Å². The quantitative estimate of drug-likeness (QED) is 0.349.